The predicted octanol–water partition coefficient (Wildman–Crippen LogP) is 9.25. The number of fused-ring (bicyclic) bond motifs is 4. The standard InChI is InChI=1S/C46H61BN2Si4/c1-46(2,3)32-28-43-45-44(29-32)49(34-18-22-36(23-19-34)51(7,8)9)42-31-38(53(13,14)15)25-27-40(42)47(45)39-26-24-37(52(10,11)12)30-41(39)48(43)33-16-20-35(21-17-33)50(4,5)6/h16-31H,1-15H3. The van der Waals surface area contributed by atoms with E-state index in [0.717, 1.165) is 0 Å². The summed E-state index contributed by atoms with van der Waals surface area (Å²) in [4.78, 5) is 5.26. The molecule has 0 aromatic heterocycles. The van der Waals surface area contributed by atoms with Gasteiger partial charge in [0.15, 0.2) is 0 Å². The number of nitrogens with zero attached hydrogens (tertiary/aromatic N) is 2. The zero-order valence-electron chi connectivity index (χ0n) is 35.2. The van der Waals surface area contributed by atoms with Crippen molar-refractivity contribution in [2.45, 2.75) is 105 Å². The molecule has 7 heteroatoms. The van der Waals surface area contributed by atoms with Crippen LogP contribution in [0, 0.1) is 0 Å². The fourth-order valence-electron chi connectivity index (χ4n) is 8.13. The Morgan fingerprint density at radius 3 is 1.02 bits per heavy atom. The molecule has 0 atom stereocenters. The minimum Gasteiger partial charge on any atom is -0.311 e. The van der Waals surface area contributed by atoms with Crippen molar-refractivity contribution in [3.63, 3.8) is 0 Å². The third-order valence-electron chi connectivity index (χ3n) is 11.7. The minimum absolute atomic E-state index is 0.0390. The molecule has 0 N–H and O–H groups in total. The number of rotatable bonds is 6. The first-order chi connectivity index (χ1) is 24.4. The van der Waals surface area contributed by atoms with E-state index in [1.54, 1.807) is 0 Å². The fraction of sp³-hybridized carbons (Fsp3) is 0.348. The van der Waals surface area contributed by atoms with Crippen LogP contribution < -0.4 is 46.9 Å². The van der Waals surface area contributed by atoms with E-state index in [-0.39, 0.29) is 12.1 Å². The summed E-state index contributed by atoms with van der Waals surface area (Å²) in [7, 11) is -6.16. The van der Waals surface area contributed by atoms with Crippen LogP contribution in [0.4, 0.5) is 34.1 Å². The summed E-state index contributed by atoms with van der Waals surface area (Å²) in [5.74, 6) is 0. The van der Waals surface area contributed by atoms with Crippen LogP contribution in [0.15, 0.2) is 97.1 Å². The zero-order valence-corrected chi connectivity index (χ0v) is 39.2. The van der Waals surface area contributed by atoms with E-state index in [4.69, 9.17) is 0 Å². The maximum absolute atomic E-state index is 2.63. The largest absolute Gasteiger partial charge is 0.311 e. The van der Waals surface area contributed by atoms with Gasteiger partial charge in [-0.1, -0.05) is 169 Å². The summed E-state index contributed by atoms with van der Waals surface area (Å²) in [5.41, 5.74) is 13.4. The van der Waals surface area contributed by atoms with Crippen molar-refractivity contribution in [3.05, 3.63) is 103 Å². The van der Waals surface area contributed by atoms with Gasteiger partial charge >= 0.3 is 0 Å². The molecule has 274 valence electrons. The van der Waals surface area contributed by atoms with Gasteiger partial charge in [-0.2, -0.15) is 0 Å². The summed E-state index contributed by atoms with van der Waals surface area (Å²) in [5, 5.41) is 6.00. The molecule has 0 aliphatic carbocycles. The van der Waals surface area contributed by atoms with Gasteiger partial charge in [-0.15, -0.1) is 0 Å². The van der Waals surface area contributed by atoms with Crippen LogP contribution in [-0.4, -0.2) is 39.0 Å². The second kappa shape index (κ2) is 12.6. The molecule has 0 spiro atoms. The lowest BCUT2D eigenvalue weighted by Crippen LogP contribution is -2.62. The Morgan fingerprint density at radius 2 is 0.717 bits per heavy atom. The van der Waals surface area contributed by atoms with E-state index in [0.29, 0.717) is 0 Å². The Morgan fingerprint density at radius 1 is 0.396 bits per heavy atom. The van der Waals surface area contributed by atoms with Crippen molar-refractivity contribution < 1.29 is 0 Å². The smallest absolute Gasteiger partial charge is 0.252 e. The molecule has 0 unspecified atom stereocenters. The summed E-state index contributed by atoms with van der Waals surface area (Å²) in [6.45, 7) is 36.8. The molecule has 0 bridgehead atoms. The van der Waals surface area contributed by atoms with Gasteiger partial charge in [-0.3, -0.25) is 0 Å². The third kappa shape index (κ3) is 6.81. The highest BCUT2D eigenvalue weighted by atomic mass is 28.3. The van der Waals surface area contributed by atoms with Crippen LogP contribution in [0.1, 0.15) is 26.3 Å². The normalized spacial score (nSPS) is 14.6. The molecule has 2 aliphatic heterocycles. The van der Waals surface area contributed by atoms with Gasteiger partial charge in [0.25, 0.3) is 6.71 Å². The highest BCUT2D eigenvalue weighted by Crippen LogP contribution is 2.45. The SMILES string of the molecule is CC(C)(C)c1cc2c3c(c1)N(c1ccc([Si](C)(C)C)cc1)c1cc([Si](C)(C)C)ccc1B3c1ccc([Si](C)(C)C)cc1N2c1ccc([Si](C)(C)C)cc1. The molecule has 2 heterocycles. The molecule has 0 saturated carbocycles. The van der Waals surface area contributed by atoms with Crippen molar-refractivity contribution in [1.82, 2.24) is 0 Å². The molecule has 53 heavy (non-hydrogen) atoms. The van der Waals surface area contributed by atoms with Crippen molar-refractivity contribution in [1.29, 1.82) is 0 Å². The number of anilines is 6. The van der Waals surface area contributed by atoms with Gasteiger partial charge in [0.2, 0.25) is 0 Å². The van der Waals surface area contributed by atoms with Crippen molar-refractivity contribution in [3.8, 4) is 0 Å². The maximum Gasteiger partial charge on any atom is 0.252 e. The molecule has 2 aliphatic rings. The lowest BCUT2D eigenvalue weighted by Gasteiger charge is -2.45. The molecule has 5 aromatic carbocycles. The Kier molecular flexibility index (Phi) is 9.01. The zero-order chi connectivity index (χ0) is 38.6. The molecule has 5 aromatic rings. The van der Waals surface area contributed by atoms with Gasteiger partial charge in [-0.25, -0.2) is 0 Å². The highest BCUT2D eigenvalue weighted by molar-refractivity contribution is 7.01. The van der Waals surface area contributed by atoms with Crippen molar-refractivity contribution >= 4 is 110 Å². The third-order valence-corrected chi connectivity index (χ3v) is 19.9. The molecule has 2 nitrogen and oxygen atoms in total. The molecule has 0 radical (unpaired) electrons. The highest BCUT2D eigenvalue weighted by Gasteiger charge is 2.45. The molecule has 0 fully saturated rings. The van der Waals surface area contributed by atoms with Crippen molar-refractivity contribution in [2.75, 3.05) is 9.80 Å². The van der Waals surface area contributed by atoms with Gasteiger partial charge in [0, 0.05) is 34.1 Å². The van der Waals surface area contributed by atoms with Gasteiger partial charge in [0.05, 0.1) is 32.3 Å². The van der Waals surface area contributed by atoms with Gasteiger partial charge in [-0.05, 0) is 75.9 Å². The van der Waals surface area contributed by atoms with E-state index in [9.17, 15) is 0 Å². The Bertz CT molecular complexity index is 2060. The van der Waals surface area contributed by atoms with E-state index in [2.05, 4.69) is 206 Å². The van der Waals surface area contributed by atoms with E-state index in [1.807, 2.05) is 0 Å². The molecular formula is C46H61BN2Si4. The molecule has 0 saturated heterocycles. The monoisotopic (exact) mass is 764 g/mol. The van der Waals surface area contributed by atoms with E-state index in [1.165, 1.54) is 76.8 Å². The number of hydrogen-bond donors (Lipinski definition) is 0. The van der Waals surface area contributed by atoms with E-state index < -0.39 is 32.3 Å². The second-order valence-corrected chi connectivity index (χ2v) is 41.2. The van der Waals surface area contributed by atoms with Gasteiger partial charge in [0.1, 0.15) is 0 Å². The van der Waals surface area contributed by atoms with Crippen LogP contribution in [0.25, 0.3) is 0 Å². The fourth-order valence-corrected chi connectivity index (χ4v) is 12.8. The quantitative estimate of drug-likeness (QED) is 0.156. The summed E-state index contributed by atoms with van der Waals surface area (Å²) in [6.07, 6.45) is 0. The van der Waals surface area contributed by atoms with Crippen LogP contribution in [0.3, 0.4) is 0 Å². The molecular weight excluding hydrogens is 704 g/mol. The van der Waals surface area contributed by atoms with Crippen LogP contribution in [0.5, 0.6) is 0 Å². The van der Waals surface area contributed by atoms with Crippen LogP contribution in [0.2, 0.25) is 78.6 Å². The predicted molar refractivity (Wildman–Crippen MR) is 251 cm³/mol. The first-order valence-corrected chi connectivity index (χ1v) is 33.7. The first-order valence-electron chi connectivity index (χ1n) is 19.7. The van der Waals surface area contributed by atoms with Crippen LogP contribution in [-0.2, 0) is 5.41 Å². The maximum atomic E-state index is 2.63. The lowest BCUT2D eigenvalue weighted by atomic mass is 9.33. The topological polar surface area (TPSA) is 6.48 Å². The lowest BCUT2D eigenvalue weighted by molar-refractivity contribution is 0.590. The number of benzene rings is 5. The summed E-state index contributed by atoms with van der Waals surface area (Å²) >= 11 is 0. The van der Waals surface area contributed by atoms with Crippen LogP contribution >= 0.6 is 0 Å². The Labute approximate surface area is 325 Å². The van der Waals surface area contributed by atoms with Gasteiger partial charge < -0.3 is 9.80 Å². The summed E-state index contributed by atoms with van der Waals surface area (Å²) in [6, 6.07) is 39.4. The Hall–Kier alpha value is -3.37. The average Bonchev–Trinajstić information content (AvgIpc) is 3.05. The second-order valence-electron chi connectivity index (χ2n) is 20.9. The average molecular weight is 765 g/mol. The molecule has 0 amide bonds. The number of hydrogen-bond acceptors (Lipinski definition) is 2. The van der Waals surface area contributed by atoms with E-state index >= 15 is 0 Å². The molecule has 7 rings (SSSR count). The first kappa shape index (κ1) is 37.9. The minimum atomic E-state index is -1.61. The van der Waals surface area contributed by atoms with Crippen molar-refractivity contribution in [2.24, 2.45) is 0 Å². The summed E-state index contributed by atoms with van der Waals surface area (Å²) < 4.78 is 0. The Balaban J connectivity index is 1.60.